The molecule has 1 N–H and O–H groups in total. The fourth-order valence-corrected chi connectivity index (χ4v) is 3.09. The second kappa shape index (κ2) is 3.31. The third kappa shape index (κ3) is 1.55. The topological polar surface area (TPSA) is 33.4 Å². The van der Waals surface area contributed by atoms with Gasteiger partial charge in [0.15, 0.2) is 0 Å². The van der Waals surface area contributed by atoms with Crippen LogP contribution in [0.3, 0.4) is 0 Å². The standard InChI is InChI=1S/C16H20O2/c1-15(2)5-6-16(3,4)12-9-13-10(7-11(12)15)8-14(17)18-13/h7-9,17H,5-6H2,1-4H3. The molecule has 2 heteroatoms. The van der Waals surface area contributed by atoms with E-state index in [1.807, 2.05) is 0 Å². The summed E-state index contributed by atoms with van der Waals surface area (Å²) in [5.74, 6) is 0.00274. The zero-order valence-corrected chi connectivity index (χ0v) is 11.5. The number of fused-ring (bicyclic) bond motifs is 2. The van der Waals surface area contributed by atoms with Crippen LogP contribution in [-0.2, 0) is 10.8 Å². The third-order valence-corrected chi connectivity index (χ3v) is 4.48. The van der Waals surface area contributed by atoms with E-state index < -0.39 is 0 Å². The summed E-state index contributed by atoms with van der Waals surface area (Å²) in [6.07, 6.45) is 2.38. The maximum atomic E-state index is 9.49. The van der Waals surface area contributed by atoms with Gasteiger partial charge < -0.3 is 9.52 Å². The van der Waals surface area contributed by atoms with Crippen molar-refractivity contribution in [3.05, 3.63) is 29.3 Å². The van der Waals surface area contributed by atoms with Gasteiger partial charge in [-0.05, 0) is 46.9 Å². The predicted molar refractivity (Wildman–Crippen MR) is 73.2 cm³/mol. The third-order valence-electron chi connectivity index (χ3n) is 4.48. The molecule has 0 aliphatic heterocycles. The van der Waals surface area contributed by atoms with Gasteiger partial charge in [-0.2, -0.15) is 0 Å². The van der Waals surface area contributed by atoms with Crippen LogP contribution in [-0.4, -0.2) is 5.11 Å². The molecular formula is C16H20O2. The minimum Gasteiger partial charge on any atom is -0.481 e. The van der Waals surface area contributed by atoms with Crippen molar-refractivity contribution in [2.75, 3.05) is 0 Å². The molecule has 96 valence electrons. The van der Waals surface area contributed by atoms with Crippen molar-refractivity contribution in [2.24, 2.45) is 0 Å². The van der Waals surface area contributed by atoms with E-state index in [-0.39, 0.29) is 16.8 Å². The van der Waals surface area contributed by atoms with Gasteiger partial charge in [0.1, 0.15) is 5.58 Å². The summed E-state index contributed by atoms with van der Waals surface area (Å²) >= 11 is 0. The first-order valence-corrected chi connectivity index (χ1v) is 6.57. The fraction of sp³-hybridized carbons (Fsp3) is 0.500. The number of hydrogen-bond acceptors (Lipinski definition) is 2. The molecule has 0 spiro atoms. The monoisotopic (exact) mass is 244 g/mol. The van der Waals surface area contributed by atoms with E-state index in [9.17, 15) is 5.11 Å². The summed E-state index contributed by atoms with van der Waals surface area (Å²) in [6, 6.07) is 6.01. The largest absolute Gasteiger partial charge is 0.481 e. The predicted octanol–water partition coefficient (Wildman–Crippen LogP) is 4.49. The minimum atomic E-state index is 0.00274. The lowest BCUT2D eigenvalue weighted by atomic mass is 9.63. The molecule has 0 radical (unpaired) electrons. The van der Waals surface area contributed by atoms with E-state index in [0.717, 1.165) is 11.0 Å². The van der Waals surface area contributed by atoms with E-state index in [2.05, 4.69) is 39.8 Å². The smallest absolute Gasteiger partial charge is 0.282 e. The van der Waals surface area contributed by atoms with Crippen LogP contribution < -0.4 is 0 Å². The molecule has 0 saturated heterocycles. The first kappa shape index (κ1) is 11.6. The van der Waals surface area contributed by atoms with Crippen molar-refractivity contribution in [3.63, 3.8) is 0 Å². The molecule has 1 aromatic heterocycles. The van der Waals surface area contributed by atoms with Gasteiger partial charge in [0.25, 0.3) is 5.95 Å². The van der Waals surface area contributed by atoms with Crippen LogP contribution in [0.5, 0.6) is 5.95 Å². The Kier molecular flexibility index (Phi) is 2.14. The lowest BCUT2D eigenvalue weighted by Gasteiger charge is -2.41. The lowest BCUT2D eigenvalue weighted by molar-refractivity contribution is 0.330. The average molecular weight is 244 g/mol. The van der Waals surface area contributed by atoms with Crippen LogP contribution in [0.2, 0.25) is 0 Å². The highest BCUT2D eigenvalue weighted by Crippen LogP contribution is 2.47. The van der Waals surface area contributed by atoms with Crippen molar-refractivity contribution in [3.8, 4) is 5.95 Å². The quantitative estimate of drug-likeness (QED) is 0.740. The van der Waals surface area contributed by atoms with Crippen molar-refractivity contribution in [2.45, 2.75) is 51.4 Å². The van der Waals surface area contributed by atoms with Crippen LogP contribution in [0.1, 0.15) is 51.7 Å². The van der Waals surface area contributed by atoms with E-state index in [0.29, 0.717) is 0 Å². The minimum absolute atomic E-state index is 0.00274. The Hall–Kier alpha value is -1.44. The van der Waals surface area contributed by atoms with Crippen molar-refractivity contribution in [1.82, 2.24) is 0 Å². The van der Waals surface area contributed by atoms with Gasteiger partial charge in [0.05, 0.1) is 0 Å². The number of hydrogen-bond donors (Lipinski definition) is 1. The Morgan fingerprint density at radius 3 is 2.11 bits per heavy atom. The first-order chi connectivity index (χ1) is 8.29. The molecule has 18 heavy (non-hydrogen) atoms. The number of furan rings is 1. The van der Waals surface area contributed by atoms with Crippen LogP contribution in [0.4, 0.5) is 0 Å². The van der Waals surface area contributed by atoms with Gasteiger partial charge >= 0.3 is 0 Å². The summed E-state index contributed by atoms with van der Waals surface area (Å²) in [4.78, 5) is 0. The summed E-state index contributed by atoms with van der Waals surface area (Å²) < 4.78 is 5.35. The van der Waals surface area contributed by atoms with Crippen LogP contribution in [0.25, 0.3) is 11.0 Å². The Morgan fingerprint density at radius 2 is 1.50 bits per heavy atom. The molecule has 1 aromatic carbocycles. The highest BCUT2D eigenvalue weighted by atomic mass is 16.5. The SMILES string of the molecule is CC1(C)CCC(C)(C)c2cc3oc(O)cc3cc21. The molecule has 2 aromatic rings. The van der Waals surface area contributed by atoms with Crippen molar-refractivity contribution >= 4 is 11.0 Å². The molecule has 3 rings (SSSR count). The molecule has 1 heterocycles. The fourth-order valence-electron chi connectivity index (χ4n) is 3.09. The Labute approximate surface area is 108 Å². The van der Waals surface area contributed by atoms with Gasteiger partial charge in [0.2, 0.25) is 0 Å². The maximum Gasteiger partial charge on any atom is 0.282 e. The molecule has 0 amide bonds. The average Bonchev–Trinajstić information content (AvgIpc) is 2.62. The lowest BCUT2D eigenvalue weighted by Crippen LogP contribution is -2.33. The summed E-state index contributed by atoms with van der Waals surface area (Å²) in [7, 11) is 0. The molecule has 0 fully saturated rings. The van der Waals surface area contributed by atoms with Gasteiger partial charge in [-0.3, -0.25) is 0 Å². The van der Waals surface area contributed by atoms with Gasteiger partial charge in [-0.25, -0.2) is 0 Å². The van der Waals surface area contributed by atoms with Gasteiger partial charge in [-0.15, -0.1) is 0 Å². The number of aromatic hydroxyl groups is 1. The number of benzene rings is 1. The normalized spacial score (nSPS) is 20.9. The molecule has 0 bridgehead atoms. The summed E-state index contributed by atoms with van der Waals surface area (Å²) in [5, 5.41) is 10.5. The van der Waals surface area contributed by atoms with Gasteiger partial charge in [0, 0.05) is 11.5 Å². The maximum absolute atomic E-state index is 9.49. The molecule has 0 saturated carbocycles. The Balaban J connectivity index is 2.34. The highest BCUT2D eigenvalue weighted by molar-refractivity contribution is 5.81. The van der Waals surface area contributed by atoms with E-state index in [4.69, 9.17) is 4.42 Å². The Morgan fingerprint density at radius 1 is 0.944 bits per heavy atom. The summed E-state index contributed by atoms with van der Waals surface area (Å²) in [5.41, 5.74) is 3.93. The molecule has 0 atom stereocenters. The molecule has 1 aliphatic rings. The Bertz CT molecular complexity index is 564. The first-order valence-electron chi connectivity index (χ1n) is 6.57. The highest BCUT2D eigenvalue weighted by Gasteiger charge is 2.37. The number of rotatable bonds is 0. The van der Waals surface area contributed by atoms with Crippen molar-refractivity contribution in [1.29, 1.82) is 0 Å². The molecule has 1 aliphatic carbocycles. The second-order valence-electron chi connectivity index (χ2n) is 6.79. The van der Waals surface area contributed by atoms with Crippen LogP contribution in [0, 0.1) is 0 Å². The zero-order valence-electron chi connectivity index (χ0n) is 11.5. The molecule has 2 nitrogen and oxygen atoms in total. The molecular weight excluding hydrogens is 224 g/mol. The zero-order chi connectivity index (χ0) is 13.1. The van der Waals surface area contributed by atoms with E-state index in [1.54, 1.807) is 6.07 Å². The van der Waals surface area contributed by atoms with E-state index >= 15 is 0 Å². The van der Waals surface area contributed by atoms with Crippen molar-refractivity contribution < 1.29 is 9.52 Å². The molecule has 0 unspecified atom stereocenters. The van der Waals surface area contributed by atoms with Crippen LogP contribution >= 0.6 is 0 Å². The van der Waals surface area contributed by atoms with Gasteiger partial charge in [-0.1, -0.05) is 27.7 Å². The van der Waals surface area contributed by atoms with Crippen LogP contribution in [0.15, 0.2) is 22.6 Å². The van der Waals surface area contributed by atoms with E-state index in [1.165, 1.54) is 24.0 Å². The summed E-state index contributed by atoms with van der Waals surface area (Å²) in [6.45, 7) is 9.17. The second-order valence-corrected chi connectivity index (χ2v) is 6.79.